The Morgan fingerprint density at radius 1 is 1.23 bits per heavy atom. The zero-order valence-electron chi connectivity index (χ0n) is 15.5. The topological polar surface area (TPSA) is 79.0 Å². The fourth-order valence-electron chi connectivity index (χ4n) is 2.95. The van der Waals surface area contributed by atoms with Crippen LogP contribution in [-0.4, -0.2) is 69.9 Å². The first-order valence-corrected chi connectivity index (χ1v) is 10.1. The summed E-state index contributed by atoms with van der Waals surface area (Å²) >= 11 is 0. The lowest BCUT2D eigenvalue weighted by Crippen LogP contribution is -2.35. The fourth-order valence-corrected chi connectivity index (χ4v) is 4.43. The van der Waals surface area contributed by atoms with Crippen LogP contribution in [0.3, 0.4) is 0 Å². The largest absolute Gasteiger partial charge is 0.496 e. The molecule has 2 rings (SSSR count). The van der Waals surface area contributed by atoms with Gasteiger partial charge >= 0.3 is 0 Å². The first-order valence-electron chi connectivity index (χ1n) is 8.63. The Labute approximate surface area is 162 Å². The molecule has 0 saturated carbocycles. The standard InChI is InChI=1S/C17H27N3O4S.ClH/c1-4-20(5-2)25(22,23)14-7-8-16(24-3)15(13-14)17(21)19-11-6-9-18-10-12-19;/h7-8,13,18H,4-6,9-12H2,1-3H3;1H. The van der Waals surface area contributed by atoms with E-state index in [2.05, 4.69) is 5.32 Å². The maximum Gasteiger partial charge on any atom is 0.257 e. The van der Waals surface area contributed by atoms with Crippen LogP contribution in [0.15, 0.2) is 23.1 Å². The van der Waals surface area contributed by atoms with Crippen LogP contribution in [0.5, 0.6) is 5.75 Å². The number of nitrogens with one attached hydrogen (secondary N) is 1. The molecule has 0 spiro atoms. The number of halogens is 1. The predicted octanol–water partition coefficient (Wildman–Crippen LogP) is 1.58. The minimum absolute atomic E-state index is 0. The van der Waals surface area contributed by atoms with E-state index in [0.29, 0.717) is 31.9 Å². The summed E-state index contributed by atoms with van der Waals surface area (Å²) in [4.78, 5) is 14.8. The summed E-state index contributed by atoms with van der Waals surface area (Å²) in [5.74, 6) is 0.192. The molecule has 1 heterocycles. The Morgan fingerprint density at radius 2 is 1.92 bits per heavy atom. The van der Waals surface area contributed by atoms with Crippen molar-refractivity contribution in [3.8, 4) is 5.75 Å². The van der Waals surface area contributed by atoms with Crippen LogP contribution in [0.1, 0.15) is 30.6 Å². The molecule has 1 aromatic carbocycles. The smallest absolute Gasteiger partial charge is 0.257 e. The summed E-state index contributed by atoms with van der Waals surface area (Å²) in [5, 5.41) is 3.25. The summed E-state index contributed by atoms with van der Waals surface area (Å²) in [6, 6.07) is 4.49. The van der Waals surface area contributed by atoms with Gasteiger partial charge in [-0.25, -0.2) is 8.42 Å². The van der Waals surface area contributed by atoms with E-state index in [0.717, 1.165) is 19.5 Å². The highest BCUT2D eigenvalue weighted by Gasteiger charge is 2.26. The molecule has 1 aromatic rings. The second-order valence-electron chi connectivity index (χ2n) is 5.85. The molecule has 1 aliphatic rings. The summed E-state index contributed by atoms with van der Waals surface area (Å²) in [7, 11) is -2.14. The number of benzene rings is 1. The van der Waals surface area contributed by atoms with Gasteiger partial charge in [-0.05, 0) is 31.2 Å². The van der Waals surface area contributed by atoms with E-state index in [-0.39, 0.29) is 28.8 Å². The Morgan fingerprint density at radius 3 is 2.54 bits per heavy atom. The van der Waals surface area contributed by atoms with Gasteiger partial charge in [0, 0.05) is 32.7 Å². The van der Waals surface area contributed by atoms with E-state index in [9.17, 15) is 13.2 Å². The van der Waals surface area contributed by atoms with Crippen LogP contribution in [0, 0.1) is 0 Å². The number of hydrogen-bond acceptors (Lipinski definition) is 5. The minimum Gasteiger partial charge on any atom is -0.496 e. The van der Waals surface area contributed by atoms with E-state index < -0.39 is 10.0 Å². The number of nitrogens with zero attached hydrogens (tertiary/aromatic N) is 2. The number of rotatable bonds is 6. The van der Waals surface area contributed by atoms with Gasteiger partial charge in [0.25, 0.3) is 5.91 Å². The van der Waals surface area contributed by atoms with E-state index in [4.69, 9.17) is 4.74 Å². The van der Waals surface area contributed by atoms with Gasteiger partial charge in [-0.1, -0.05) is 13.8 Å². The Kier molecular flexibility index (Phi) is 8.82. The van der Waals surface area contributed by atoms with Gasteiger partial charge in [0.15, 0.2) is 0 Å². The van der Waals surface area contributed by atoms with Crippen molar-refractivity contribution in [2.45, 2.75) is 25.2 Å². The van der Waals surface area contributed by atoms with Gasteiger partial charge in [-0.15, -0.1) is 12.4 Å². The van der Waals surface area contributed by atoms with E-state index in [1.54, 1.807) is 24.8 Å². The van der Waals surface area contributed by atoms with Crippen molar-refractivity contribution >= 4 is 28.3 Å². The molecular formula is C17H28ClN3O4S. The molecule has 0 aliphatic carbocycles. The van der Waals surface area contributed by atoms with Crippen LogP contribution >= 0.6 is 12.4 Å². The molecule has 1 N–H and O–H groups in total. The number of carbonyl (C=O) groups is 1. The molecule has 1 amide bonds. The highest BCUT2D eigenvalue weighted by Crippen LogP contribution is 2.26. The van der Waals surface area contributed by atoms with Crippen LogP contribution in [0.4, 0.5) is 0 Å². The first kappa shape index (κ1) is 22.7. The van der Waals surface area contributed by atoms with E-state index >= 15 is 0 Å². The number of amides is 1. The number of methoxy groups -OCH3 is 1. The quantitative estimate of drug-likeness (QED) is 0.777. The van der Waals surface area contributed by atoms with Gasteiger partial charge < -0.3 is 15.0 Å². The molecule has 1 saturated heterocycles. The molecule has 26 heavy (non-hydrogen) atoms. The fraction of sp³-hybridized carbons (Fsp3) is 0.588. The van der Waals surface area contributed by atoms with Crippen molar-refractivity contribution < 1.29 is 17.9 Å². The van der Waals surface area contributed by atoms with E-state index in [1.165, 1.54) is 23.5 Å². The normalized spacial score (nSPS) is 15.3. The Hall–Kier alpha value is -1.35. The summed E-state index contributed by atoms with van der Waals surface area (Å²) in [6.07, 6.45) is 0.867. The molecule has 0 unspecified atom stereocenters. The Balaban J connectivity index is 0.00000338. The molecule has 9 heteroatoms. The Bertz CT molecular complexity index is 700. The third-order valence-electron chi connectivity index (χ3n) is 4.37. The molecule has 0 bridgehead atoms. The highest BCUT2D eigenvalue weighted by atomic mass is 35.5. The van der Waals surface area contributed by atoms with Crippen molar-refractivity contribution in [2.24, 2.45) is 0 Å². The van der Waals surface area contributed by atoms with Crippen molar-refractivity contribution in [3.63, 3.8) is 0 Å². The van der Waals surface area contributed by atoms with Crippen LogP contribution < -0.4 is 10.1 Å². The number of hydrogen-bond donors (Lipinski definition) is 1. The molecule has 1 aliphatic heterocycles. The molecule has 0 atom stereocenters. The van der Waals surface area contributed by atoms with Crippen LogP contribution in [0.2, 0.25) is 0 Å². The number of ether oxygens (including phenoxy) is 1. The van der Waals surface area contributed by atoms with Crippen LogP contribution in [0.25, 0.3) is 0 Å². The van der Waals surface area contributed by atoms with Gasteiger partial charge in [-0.2, -0.15) is 4.31 Å². The number of sulfonamides is 1. The van der Waals surface area contributed by atoms with Crippen molar-refractivity contribution in [1.29, 1.82) is 0 Å². The zero-order valence-corrected chi connectivity index (χ0v) is 17.2. The van der Waals surface area contributed by atoms with E-state index in [1.807, 2.05) is 0 Å². The second-order valence-corrected chi connectivity index (χ2v) is 7.79. The molecular weight excluding hydrogens is 378 g/mol. The monoisotopic (exact) mass is 405 g/mol. The first-order chi connectivity index (χ1) is 12.0. The van der Waals surface area contributed by atoms with Gasteiger partial charge in [0.2, 0.25) is 10.0 Å². The van der Waals surface area contributed by atoms with Gasteiger partial charge in [0.1, 0.15) is 5.75 Å². The van der Waals surface area contributed by atoms with Crippen LogP contribution in [-0.2, 0) is 10.0 Å². The summed E-state index contributed by atoms with van der Waals surface area (Å²) < 4.78 is 32.2. The van der Waals surface area contributed by atoms with Crippen molar-refractivity contribution in [2.75, 3.05) is 46.4 Å². The average molecular weight is 406 g/mol. The zero-order chi connectivity index (χ0) is 18.4. The SMILES string of the molecule is CCN(CC)S(=O)(=O)c1ccc(OC)c(C(=O)N2CCCNCC2)c1.Cl. The molecule has 0 aromatic heterocycles. The molecule has 1 fully saturated rings. The van der Waals surface area contributed by atoms with Crippen molar-refractivity contribution in [3.05, 3.63) is 23.8 Å². The lowest BCUT2D eigenvalue weighted by Gasteiger charge is -2.23. The maximum absolute atomic E-state index is 12.9. The van der Waals surface area contributed by atoms with Gasteiger partial charge in [0.05, 0.1) is 17.6 Å². The van der Waals surface area contributed by atoms with Gasteiger partial charge in [-0.3, -0.25) is 4.79 Å². The third-order valence-corrected chi connectivity index (χ3v) is 6.42. The average Bonchev–Trinajstić information content (AvgIpc) is 2.90. The molecule has 148 valence electrons. The summed E-state index contributed by atoms with van der Waals surface area (Å²) in [6.45, 7) is 7.18. The van der Waals surface area contributed by atoms with Crippen molar-refractivity contribution in [1.82, 2.24) is 14.5 Å². The maximum atomic E-state index is 12.9. The second kappa shape index (κ2) is 10.1. The lowest BCUT2D eigenvalue weighted by atomic mass is 10.1. The highest BCUT2D eigenvalue weighted by molar-refractivity contribution is 7.89. The molecule has 0 radical (unpaired) electrons. The lowest BCUT2D eigenvalue weighted by molar-refractivity contribution is 0.0762. The third kappa shape index (κ3) is 4.88. The minimum atomic E-state index is -3.63. The number of carbonyl (C=O) groups excluding carboxylic acids is 1. The predicted molar refractivity (Wildman–Crippen MR) is 104 cm³/mol. The molecule has 7 nitrogen and oxygen atoms in total. The summed E-state index contributed by atoms with van der Waals surface area (Å²) in [5.41, 5.74) is 0.289.